The number of aryl methyl sites for hydroxylation is 1. The molecular formula is C18H23N3O. The Morgan fingerprint density at radius 2 is 2.18 bits per heavy atom. The van der Waals surface area contributed by atoms with Crippen LogP contribution in [0.1, 0.15) is 41.3 Å². The zero-order valence-corrected chi connectivity index (χ0v) is 13.4. The Kier molecular flexibility index (Phi) is 4.12. The molecule has 2 aromatic rings. The lowest BCUT2D eigenvalue weighted by atomic mass is 9.95. The van der Waals surface area contributed by atoms with Gasteiger partial charge in [-0.1, -0.05) is 13.8 Å². The first-order valence-corrected chi connectivity index (χ1v) is 7.94. The van der Waals surface area contributed by atoms with E-state index in [9.17, 15) is 4.79 Å². The molecule has 4 heteroatoms. The van der Waals surface area contributed by atoms with E-state index in [1.807, 2.05) is 19.1 Å². The minimum Gasteiger partial charge on any atom is -0.352 e. The molecule has 1 saturated heterocycles. The van der Waals surface area contributed by atoms with Crippen molar-refractivity contribution in [2.24, 2.45) is 5.92 Å². The van der Waals surface area contributed by atoms with Gasteiger partial charge in [0.15, 0.2) is 0 Å². The van der Waals surface area contributed by atoms with E-state index in [1.165, 1.54) is 5.56 Å². The molecule has 116 valence electrons. The van der Waals surface area contributed by atoms with Crippen LogP contribution in [0.3, 0.4) is 0 Å². The first-order valence-electron chi connectivity index (χ1n) is 7.94. The normalized spacial score (nSPS) is 15.1. The highest BCUT2D eigenvalue weighted by Crippen LogP contribution is 2.27. The Balaban J connectivity index is 1.97. The zero-order valence-electron chi connectivity index (χ0n) is 13.4. The number of hydrogen-bond acceptors (Lipinski definition) is 3. The van der Waals surface area contributed by atoms with Gasteiger partial charge in [-0.15, -0.1) is 0 Å². The van der Waals surface area contributed by atoms with Crippen molar-refractivity contribution < 1.29 is 4.79 Å². The third-order valence-electron chi connectivity index (χ3n) is 4.31. The number of carbonyl (C=O) groups is 1. The number of pyridine rings is 1. The minimum absolute atomic E-state index is 0.0194. The molecule has 1 aromatic heterocycles. The summed E-state index contributed by atoms with van der Waals surface area (Å²) in [6.45, 7) is 9.07. The molecule has 2 heterocycles. The van der Waals surface area contributed by atoms with Crippen molar-refractivity contribution in [2.45, 2.75) is 26.7 Å². The fourth-order valence-corrected chi connectivity index (χ4v) is 2.92. The van der Waals surface area contributed by atoms with Gasteiger partial charge in [-0.3, -0.25) is 9.78 Å². The largest absolute Gasteiger partial charge is 0.352 e. The van der Waals surface area contributed by atoms with Crippen LogP contribution in [0.15, 0.2) is 24.4 Å². The van der Waals surface area contributed by atoms with Gasteiger partial charge in [-0.25, -0.2) is 0 Å². The summed E-state index contributed by atoms with van der Waals surface area (Å²) < 4.78 is 0. The zero-order chi connectivity index (χ0) is 15.7. The molecule has 0 aliphatic carbocycles. The lowest BCUT2D eigenvalue weighted by Gasteiger charge is -2.27. The van der Waals surface area contributed by atoms with Gasteiger partial charge >= 0.3 is 0 Å². The molecule has 22 heavy (non-hydrogen) atoms. The summed E-state index contributed by atoms with van der Waals surface area (Å²) in [5.74, 6) is 0.942. The van der Waals surface area contributed by atoms with Gasteiger partial charge in [0.2, 0.25) is 0 Å². The number of nitrogens with one attached hydrogen (secondary N) is 2. The van der Waals surface area contributed by atoms with Crippen LogP contribution in [0.25, 0.3) is 10.9 Å². The average molecular weight is 297 g/mol. The Morgan fingerprint density at radius 1 is 1.41 bits per heavy atom. The molecule has 1 fully saturated rings. The molecule has 0 atom stereocenters. The van der Waals surface area contributed by atoms with Crippen LogP contribution >= 0.6 is 0 Å². The molecule has 0 spiro atoms. The predicted octanol–water partition coefficient (Wildman–Crippen LogP) is 2.62. The van der Waals surface area contributed by atoms with E-state index in [-0.39, 0.29) is 5.91 Å². The Hall–Kier alpha value is -1.94. The molecule has 1 aliphatic heterocycles. The van der Waals surface area contributed by atoms with Gasteiger partial charge in [0.1, 0.15) is 0 Å². The number of fused-ring (bicyclic) bond motifs is 1. The van der Waals surface area contributed by atoms with E-state index in [2.05, 4.69) is 35.5 Å². The highest BCUT2D eigenvalue weighted by atomic mass is 16.1. The van der Waals surface area contributed by atoms with Crippen molar-refractivity contribution in [1.82, 2.24) is 15.6 Å². The highest BCUT2D eigenvalue weighted by Gasteiger charge is 2.19. The van der Waals surface area contributed by atoms with Gasteiger partial charge in [0.25, 0.3) is 5.91 Å². The molecule has 1 aliphatic rings. The summed E-state index contributed by atoms with van der Waals surface area (Å²) >= 11 is 0. The van der Waals surface area contributed by atoms with Gasteiger partial charge in [-0.05, 0) is 42.2 Å². The summed E-state index contributed by atoms with van der Waals surface area (Å²) in [6.07, 6.45) is 1.81. The van der Waals surface area contributed by atoms with Crippen LogP contribution in [0, 0.1) is 12.8 Å². The Labute approximate surface area is 131 Å². The molecule has 1 amide bonds. The van der Waals surface area contributed by atoms with Crippen LogP contribution in [-0.4, -0.2) is 30.5 Å². The average Bonchev–Trinajstić information content (AvgIpc) is 2.43. The smallest absolute Gasteiger partial charge is 0.253 e. The van der Waals surface area contributed by atoms with Crippen LogP contribution in [-0.2, 0) is 0 Å². The summed E-state index contributed by atoms with van der Waals surface area (Å²) in [7, 11) is 0. The van der Waals surface area contributed by atoms with Crippen LogP contribution < -0.4 is 10.6 Å². The van der Waals surface area contributed by atoms with E-state index in [0.717, 1.165) is 36.1 Å². The molecule has 0 saturated carbocycles. The topological polar surface area (TPSA) is 54.0 Å². The molecule has 0 bridgehead atoms. The van der Waals surface area contributed by atoms with Crippen LogP contribution in [0.4, 0.5) is 0 Å². The summed E-state index contributed by atoms with van der Waals surface area (Å²) in [6, 6.07) is 6.12. The van der Waals surface area contributed by atoms with Gasteiger partial charge in [0, 0.05) is 37.1 Å². The molecule has 1 aromatic carbocycles. The van der Waals surface area contributed by atoms with E-state index in [0.29, 0.717) is 17.4 Å². The monoisotopic (exact) mass is 297 g/mol. The Bertz CT molecular complexity index is 705. The third kappa shape index (κ3) is 2.83. The quantitative estimate of drug-likeness (QED) is 0.912. The predicted molar refractivity (Wildman–Crippen MR) is 89.3 cm³/mol. The summed E-state index contributed by atoms with van der Waals surface area (Å²) in [5, 5.41) is 7.36. The Morgan fingerprint density at radius 3 is 2.82 bits per heavy atom. The third-order valence-corrected chi connectivity index (χ3v) is 4.31. The van der Waals surface area contributed by atoms with Crippen molar-refractivity contribution >= 4 is 16.8 Å². The fourth-order valence-electron chi connectivity index (χ4n) is 2.92. The second kappa shape index (κ2) is 6.05. The summed E-state index contributed by atoms with van der Waals surface area (Å²) in [5.41, 5.74) is 3.83. The number of amides is 1. The maximum Gasteiger partial charge on any atom is 0.253 e. The van der Waals surface area contributed by atoms with Crippen molar-refractivity contribution in [3.8, 4) is 0 Å². The SMILES string of the molecule is Cc1cc(C(=O)NCC2CNC2)c2nccc(C(C)C)c2c1. The van der Waals surface area contributed by atoms with Gasteiger partial charge < -0.3 is 10.6 Å². The molecule has 4 nitrogen and oxygen atoms in total. The van der Waals surface area contributed by atoms with E-state index < -0.39 is 0 Å². The van der Waals surface area contributed by atoms with E-state index >= 15 is 0 Å². The highest BCUT2D eigenvalue weighted by molar-refractivity contribution is 6.06. The summed E-state index contributed by atoms with van der Waals surface area (Å²) in [4.78, 5) is 17.0. The van der Waals surface area contributed by atoms with Crippen LogP contribution in [0.2, 0.25) is 0 Å². The van der Waals surface area contributed by atoms with Crippen molar-refractivity contribution in [2.75, 3.05) is 19.6 Å². The molecule has 0 unspecified atom stereocenters. The first-order chi connectivity index (χ1) is 10.6. The van der Waals surface area contributed by atoms with Crippen molar-refractivity contribution in [3.05, 3.63) is 41.1 Å². The lowest BCUT2D eigenvalue weighted by molar-refractivity contribution is 0.0943. The number of aromatic nitrogens is 1. The number of benzene rings is 1. The first kappa shape index (κ1) is 15.0. The maximum absolute atomic E-state index is 12.6. The number of hydrogen-bond donors (Lipinski definition) is 2. The van der Waals surface area contributed by atoms with Crippen LogP contribution in [0.5, 0.6) is 0 Å². The molecule has 0 radical (unpaired) electrons. The second-order valence-corrected chi connectivity index (χ2v) is 6.50. The van der Waals surface area contributed by atoms with Gasteiger partial charge in [-0.2, -0.15) is 0 Å². The fraction of sp³-hybridized carbons (Fsp3) is 0.444. The van der Waals surface area contributed by atoms with Crippen molar-refractivity contribution in [1.29, 1.82) is 0 Å². The number of rotatable bonds is 4. The van der Waals surface area contributed by atoms with Gasteiger partial charge in [0.05, 0.1) is 11.1 Å². The number of carbonyl (C=O) groups excluding carboxylic acids is 1. The lowest BCUT2D eigenvalue weighted by Crippen LogP contribution is -2.48. The standard InChI is InChI=1S/C18H23N3O/c1-11(2)14-4-5-20-17-15(14)6-12(3)7-16(17)18(22)21-10-13-8-19-9-13/h4-7,11,13,19H,8-10H2,1-3H3,(H,21,22). The molecular weight excluding hydrogens is 274 g/mol. The molecule has 3 rings (SSSR count). The minimum atomic E-state index is -0.0194. The maximum atomic E-state index is 12.6. The number of nitrogens with zero attached hydrogens (tertiary/aromatic N) is 1. The molecule has 2 N–H and O–H groups in total. The van der Waals surface area contributed by atoms with E-state index in [1.54, 1.807) is 6.20 Å². The van der Waals surface area contributed by atoms with E-state index in [4.69, 9.17) is 0 Å². The van der Waals surface area contributed by atoms with Crippen molar-refractivity contribution in [3.63, 3.8) is 0 Å². The second-order valence-electron chi connectivity index (χ2n) is 6.50.